The molecule has 0 amide bonds. The second kappa shape index (κ2) is 4.85. The lowest BCUT2D eigenvalue weighted by atomic mass is 9.88. The van der Waals surface area contributed by atoms with Crippen LogP contribution in [0.2, 0.25) is 0 Å². The van der Waals surface area contributed by atoms with Crippen molar-refractivity contribution in [1.82, 2.24) is 0 Å². The Morgan fingerprint density at radius 3 is 2.62 bits per heavy atom. The van der Waals surface area contributed by atoms with Crippen molar-refractivity contribution in [3.8, 4) is 0 Å². The summed E-state index contributed by atoms with van der Waals surface area (Å²) in [6.45, 7) is 2.18. The van der Waals surface area contributed by atoms with E-state index in [1.807, 2.05) is 0 Å². The average Bonchev–Trinajstić information content (AvgIpc) is 2.90. The summed E-state index contributed by atoms with van der Waals surface area (Å²) in [5.41, 5.74) is 5.49. The van der Waals surface area contributed by atoms with Crippen LogP contribution in [-0.2, 0) is 0 Å². The molecule has 21 heavy (non-hydrogen) atoms. The second-order valence-electron chi connectivity index (χ2n) is 5.63. The molecule has 0 aromatic heterocycles. The van der Waals surface area contributed by atoms with Gasteiger partial charge in [-0.1, -0.05) is 70.5 Å². The molecule has 3 aromatic rings. The summed E-state index contributed by atoms with van der Waals surface area (Å²) < 4.78 is 1.16. The maximum atomic E-state index is 3.64. The van der Waals surface area contributed by atoms with Gasteiger partial charge in [-0.2, -0.15) is 0 Å². The largest absolute Gasteiger partial charge is 0.0720 e. The van der Waals surface area contributed by atoms with Gasteiger partial charge in [-0.3, -0.25) is 0 Å². The molecule has 0 N–H and O–H groups in total. The topological polar surface area (TPSA) is 0 Å². The Kier molecular flexibility index (Phi) is 2.97. The number of rotatable bonds is 1. The van der Waals surface area contributed by atoms with E-state index in [1.54, 1.807) is 0 Å². The van der Waals surface area contributed by atoms with E-state index in [-0.39, 0.29) is 0 Å². The summed E-state index contributed by atoms with van der Waals surface area (Å²) >= 11 is 3.64. The van der Waals surface area contributed by atoms with E-state index in [9.17, 15) is 0 Å². The van der Waals surface area contributed by atoms with E-state index < -0.39 is 0 Å². The molecule has 0 spiro atoms. The number of allylic oxidation sites excluding steroid dienone is 1. The molecule has 0 nitrogen and oxygen atoms in total. The predicted molar refractivity (Wildman–Crippen MR) is 93.7 cm³/mol. The molecule has 0 fully saturated rings. The van der Waals surface area contributed by atoms with E-state index >= 15 is 0 Å². The third-order valence-electron chi connectivity index (χ3n) is 4.33. The maximum Gasteiger partial charge on any atom is 0.0285 e. The molecule has 102 valence electrons. The van der Waals surface area contributed by atoms with Crippen molar-refractivity contribution >= 4 is 32.8 Å². The zero-order valence-electron chi connectivity index (χ0n) is 11.8. The van der Waals surface area contributed by atoms with Gasteiger partial charge in [-0.05, 0) is 52.1 Å². The van der Waals surface area contributed by atoms with Crippen LogP contribution in [0.15, 0.2) is 65.1 Å². The highest BCUT2D eigenvalue weighted by atomic mass is 79.9. The second-order valence-corrected chi connectivity index (χ2v) is 6.55. The lowest BCUT2D eigenvalue weighted by Gasteiger charge is -2.16. The average molecular weight is 335 g/mol. The highest BCUT2D eigenvalue weighted by molar-refractivity contribution is 9.10. The third-order valence-corrected chi connectivity index (χ3v) is 4.79. The minimum atomic E-state index is 0.349. The minimum Gasteiger partial charge on any atom is -0.0720 e. The van der Waals surface area contributed by atoms with E-state index in [1.165, 1.54) is 33.0 Å². The molecule has 0 heterocycles. The number of fused-ring (bicyclic) bond motifs is 2. The van der Waals surface area contributed by atoms with E-state index in [0.717, 1.165) is 4.47 Å². The van der Waals surface area contributed by atoms with Gasteiger partial charge >= 0.3 is 0 Å². The fraction of sp³-hybridized carbons (Fsp3) is 0.100. The molecule has 4 rings (SSSR count). The molecule has 1 aliphatic rings. The molecule has 3 aromatic carbocycles. The highest BCUT2D eigenvalue weighted by Crippen LogP contribution is 2.40. The first-order chi connectivity index (χ1) is 10.2. The Labute approximate surface area is 133 Å². The molecule has 0 saturated carbocycles. The van der Waals surface area contributed by atoms with Gasteiger partial charge in [0.2, 0.25) is 0 Å². The van der Waals surface area contributed by atoms with Crippen molar-refractivity contribution in [3.05, 3.63) is 87.4 Å². The first-order valence-corrected chi connectivity index (χ1v) is 7.99. The van der Waals surface area contributed by atoms with Crippen LogP contribution in [0, 0.1) is 6.92 Å². The molecule has 0 aliphatic heterocycles. The van der Waals surface area contributed by atoms with Gasteiger partial charge in [0.15, 0.2) is 0 Å². The summed E-state index contributed by atoms with van der Waals surface area (Å²) in [6.07, 6.45) is 4.59. The van der Waals surface area contributed by atoms with E-state index in [0.29, 0.717) is 5.92 Å². The number of hydrogen-bond donors (Lipinski definition) is 0. The zero-order chi connectivity index (χ0) is 14.4. The predicted octanol–water partition coefficient (Wildman–Crippen LogP) is 6.07. The molecular weight excluding hydrogens is 320 g/mol. The maximum absolute atomic E-state index is 3.64. The van der Waals surface area contributed by atoms with Crippen molar-refractivity contribution in [3.63, 3.8) is 0 Å². The third kappa shape index (κ3) is 2.04. The van der Waals surface area contributed by atoms with Crippen molar-refractivity contribution < 1.29 is 0 Å². The number of aryl methyl sites for hydroxylation is 1. The fourth-order valence-electron chi connectivity index (χ4n) is 3.35. The molecule has 1 heteroatoms. The van der Waals surface area contributed by atoms with Crippen LogP contribution in [0.1, 0.15) is 28.2 Å². The van der Waals surface area contributed by atoms with Crippen LogP contribution in [0.25, 0.3) is 16.8 Å². The Hall–Kier alpha value is -1.86. The molecule has 0 saturated heterocycles. The molecule has 0 radical (unpaired) electrons. The van der Waals surface area contributed by atoms with Crippen molar-refractivity contribution in [1.29, 1.82) is 0 Å². The van der Waals surface area contributed by atoms with Gasteiger partial charge in [0.25, 0.3) is 0 Å². The van der Waals surface area contributed by atoms with Gasteiger partial charge < -0.3 is 0 Å². The van der Waals surface area contributed by atoms with Crippen LogP contribution in [0.3, 0.4) is 0 Å². The molecule has 1 unspecified atom stereocenters. The lowest BCUT2D eigenvalue weighted by molar-refractivity contribution is 1.06. The van der Waals surface area contributed by atoms with Crippen molar-refractivity contribution in [2.45, 2.75) is 12.8 Å². The summed E-state index contributed by atoms with van der Waals surface area (Å²) in [5.74, 6) is 0.349. The monoisotopic (exact) mass is 334 g/mol. The van der Waals surface area contributed by atoms with E-state index in [2.05, 4.69) is 89.6 Å². The SMILES string of the molecule is Cc1cc(Br)cc2c1C=CC2c1cccc2ccccc12. The van der Waals surface area contributed by atoms with Crippen LogP contribution in [0.4, 0.5) is 0 Å². The zero-order valence-corrected chi connectivity index (χ0v) is 13.4. The van der Waals surface area contributed by atoms with Crippen LogP contribution in [0.5, 0.6) is 0 Å². The lowest BCUT2D eigenvalue weighted by Crippen LogP contribution is -1.98. The Bertz CT molecular complexity index is 869. The standard InChI is InChI=1S/C20H15Br/c1-13-11-15(21)12-20-16(13)9-10-19(20)18-8-4-6-14-5-2-3-7-17(14)18/h2-12,19H,1H3. The minimum absolute atomic E-state index is 0.349. The van der Waals surface area contributed by atoms with Crippen LogP contribution >= 0.6 is 15.9 Å². The van der Waals surface area contributed by atoms with E-state index in [4.69, 9.17) is 0 Å². The van der Waals surface area contributed by atoms with Crippen molar-refractivity contribution in [2.75, 3.05) is 0 Å². The highest BCUT2D eigenvalue weighted by Gasteiger charge is 2.22. The smallest absolute Gasteiger partial charge is 0.0285 e. The number of benzene rings is 3. The summed E-state index contributed by atoms with van der Waals surface area (Å²) in [5, 5.41) is 2.66. The molecule has 1 aliphatic carbocycles. The van der Waals surface area contributed by atoms with Crippen LogP contribution < -0.4 is 0 Å². The Morgan fingerprint density at radius 2 is 1.71 bits per heavy atom. The van der Waals surface area contributed by atoms with Gasteiger partial charge in [-0.25, -0.2) is 0 Å². The normalized spacial score (nSPS) is 16.4. The molecular formula is C20H15Br. The van der Waals surface area contributed by atoms with Crippen LogP contribution in [-0.4, -0.2) is 0 Å². The van der Waals surface area contributed by atoms with Crippen molar-refractivity contribution in [2.24, 2.45) is 0 Å². The fourth-order valence-corrected chi connectivity index (χ4v) is 3.94. The summed E-state index contributed by atoms with van der Waals surface area (Å²) in [6, 6.07) is 19.7. The Balaban J connectivity index is 1.96. The van der Waals surface area contributed by atoms with Gasteiger partial charge in [0, 0.05) is 10.4 Å². The first-order valence-electron chi connectivity index (χ1n) is 7.20. The molecule has 0 bridgehead atoms. The van der Waals surface area contributed by atoms with Gasteiger partial charge in [0.1, 0.15) is 0 Å². The summed E-state index contributed by atoms with van der Waals surface area (Å²) in [7, 11) is 0. The van der Waals surface area contributed by atoms with Gasteiger partial charge in [-0.15, -0.1) is 0 Å². The quantitative estimate of drug-likeness (QED) is 0.506. The number of halogens is 1. The summed E-state index contributed by atoms with van der Waals surface area (Å²) in [4.78, 5) is 0. The first kappa shape index (κ1) is 12.8. The van der Waals surface area contributed by atoms with Gasteiger partial charge in [0.05, 0.1) is 0 Å². The number of hydrogen-bond acceptors (Lipinski definition) is 0. The molecule has 1 atom stereocenters. The Morgan fingerprint density at radius 1 is 0.905 bits per heavy atom.